The summed E-state index contributed by atoms with van der Waals surface area (Å²) < 4.78 is 6.35. The Morgan fingerprint density at radius 3 is 2.64 bits per heavy atom. The Hall–Kier alpha value is -1.86. The fourth-order valence-corrected chi connectivity index (χ4v) is 5.40. The lowest BCUT2D eigenvalue weighted by molar-refractivity contribution is -0.132. The molecule has 0 aromatic heterocycles. The summed E-state index contributed by atoms with van der Waals surface area (Å²) in [4.78, 5) is 14.8. The Labute approximate surface area is 168 Å². The Bertz CT molecular complexity index is 801. The van der Waals surface area contributed by atoms with E-state index in [1.165, 1.54) is 0 Å². The number of nitrogens with two attached hydrogens (primary N) is 1. The number of nitrogens with zero attached hydrogens (tertiary/aromatic N) is 2. The molecule has 7 heteroatoms. The van der Waals surface area contributed by atoms with Crippen LogP contribution in [0.25, 0.3) is 0 Å². The topological polar surface area (TPSA) is 88.2 Å². The third kappa shape index (κ3) is 3.35. The molecule has 28 heavy (non-hydrogen) atoms. The SMILES string of the molecule is CC(C)(C)[Si](C)(C)OCCN1C(=O)CCC12CCc1c(C(N)=NO)cccc12. The van der Waals surface area contributed by atoms with Crippen LogP contribution in [0, 0.1) is 0 Å². The van der Waals surface area contributed by atoms with Crippen LogP contribution in [-0.4, -0.2) is 43.3 Å². The largest absolute Gasteiger partial charge is 0.415 e. The van der Waals surface area contributed by atoms with Gasteiger partial charge in [-0.15, -0.1) is 0 Å². The van der Waals surface area contributed by atoms with E-state index >= 15 is 0 Å². The van der Waals surface area contributed by atoms with Gasteiger partial charge in [0.1, 0.15) is 0 Å². The van der Waals surface area contributed by atoms with Gasteiger partial charge in [0.05, 0.1) is 12.1 Å². The smallest absolute Gasteiger partial charge is 0.223 e. The molecule has 1 unspecified atom stereocenters. The number of carbonyl (C=O) groups excluding carboxylic acids is 1. The summed E-state index contributed by atoms with van der Waals surface area (Å²) in [6.07, 6.45) is 3.09. The van der Waals surface area contributed by atoms with Crippen molar-refractivity contribution >= 4 is 20.1 Å². The van der Waals surface area contributed by atoms with Crippen LogP contribution >= 0.6 is 0 Å². The predicted octanol–water partition coefficient (Wildman–Crippen LogP) is 3.57. The van der Waals surface area contributed by atoms with Crippen LogP contribution in [0.3, 0.4) is 0 Å². The van der Waals surface area contributed by atoms with Gasteiger partial charge in [-0.2, -0.15) is 0 Å². The van der Waals surface area contributed by atoms with Gasteiger partial charge < -0.3 is 20.3 Å². The van der Waals surface area contributed by atoms with Crippen LogP contribution in [0.5, 0.6) is 0 Å². The molecule has 1 fully saturated rings. The third-order valence-corrected chi connectivity index (χ3v) is 11.5. The number of amides is 1. The third-order valence-electron chi connectivity index (χ3n) is 7.00. The second kappa shape index (κ2) is 7.19. The second-order valence-corrected chi connectivity index (χ2v) is 14.3. The first kappa shape index (κ1) is 20.9. The highest BCUT2D eigenvalue weighted by molar-refractivity contribution is 6.74. The van der Waals surface area contributed by atoms with Gasteiger partial charge in [0.15, 0.2) is 14.2 Å². The lowest BCUT2D eigenvalue weighted by Crippen LogP contribution is -2.47. The van der Waals surface area contributed by atoms with Gasteiger partial charge in [-0.05, 0) is 48.5 Å². The van der Waals surface area contributed by atoms with Gasteiger partial charge in [-0.3, -0.25) is 4.79 Å². The molecule has 154 valence electrons. The number of rotatable bonds is 5. The van der Waals surface area contributed by atoms with E-state index < -0.39 is 8.32 Å². The van der Waals surface area contributed by atoms with E-state index in [0.29, 0.717) is 19.6 Å². The van der Waals surface area contributed by atoms with Crippen molar-refractivity contribution < 1.29 is 14.4 Å². The monoisotopic (exact) mass is 403 g/mol. The molecular weight excluding hydrogens is 370 g/mol. The summed E-state index contributed by atoms with van der Waals surface area (Å²) in [5.74, 6) is 0.326. The number of oxime groups is 1. The maximum atomic E-state index is 12.8. The molecule has 0 saturated carbocycles. The number of hydrogen-bond acceptors (Lipinski definition) is 4. The highest BCUT2D eigenvalue weighted by atomic mass is 28.4. The summed E-state index contributed by atoms with van der Waals surface area (Å²) in [5, 5.41) is 12.4. The molecule has 1 aromatic carbocycles. The number of likely N-dealkylation sites (tertiary alicyclic amines) is 1. The van der Waals surface area contributed by atoms with Crippen LogP contribution in [0.2, 0.25) is 18.1 Å². The number of fused-ring (bicyclic) bond motifs is 2. The minimum atomic E-state index is -1.85. The van der Waals surface area contributed by atoms with Crippen molar-refractivity contribution in [3.8, 4) is 0 Å². The van der Waals surface area contributed by atoms with Crippen LogP contribution in [-0.2, 0) is 21.2 Å². The second-order valence-electron chi connectivity index (χ2n) is 9.50. The average molecular weight is 404 g/mol. The number of hydrogen-bond donors (Lipinski definition) is 2. The molecule has 1 aliphatic heterocycles. The van der Waals surface area contributed by atoms with Crippen molar-refractivity contribution in [3.05, 3.63) is 34.9 Å². The first-order valence-electron chi connectivity index (χ1n) is 10.1. The van der Waals surface area contributed by atoms with Crippen molar-refractivity contribution in [3.63, 3.8) is 0 Å². The first-order chi connectivity index (χ1) is 13.0. The van der Waals surface area contributed by atoms with E-state index in [9.17, 15) is 4.79 Å². The van der Waals surface area contributed by atoms with Gasteiger partial charge in [0, 0.05) is 18.5 Å². The fourth-order valence-electron chi connectivity index (χ4n) is 4.36. The van der Waals surface area contributed by atoms with E-state index in [4.69, 9.17) is 15.4 Å². The fraction of sp³-hybridized carbons (Fsp3) is 0.619. The van der Waals surface area contributed by atoms with Crippen molar-refractivity contribution in [2.24, 2.45) is 10.9 Å². The van der Waals surface area contributed by atoms with E-state index in [2.05, 4.69) is 45.1 Å². The number of carbonyl (C=O) groups is 1. The summed E-state index contributed by atoms with van der Waals surface area (Å²) >= 11 is 0. The number of benzene rings is 1. The average Bonchev–Trinajstić information content (AvgIpc) is 3.16. The minimum absolute atomic E-state index is 0.131. The normalized spacial score (nSPS) is 23.0. The molecule has 1 aliphatic carbocycles. The zero-order chi connectivity index (χ0) is 20.7. The molecule has 1 saturated heterocycles. The molecule has 6 nitrogen and oxygen atoms in total. The first-order valence-corrected chi connectivity index (χ1v) is 13.0. The minimum Gasteiger partial charge on any atom is -0.415 e. The Morgan fingerprint density at radius 2 is 2.00 bits per heavy atom. The standard InChI is InChI=1S/C21H33N3O3Si/c1-20(2,3)28(4,5)27-14-13-24-18(25)10-12-21(24)11-9-15-16(19(22)23-26)7-6-8-17(15)21/h6-8,26H,9-14H2,1-5H3,(H2,22,23). The lowest BCUT2D eigenvalue weighted by atomic mass is 9.88. The van der Waals surface area contributed by atoms with Crippen LogP contribution in [0.15, 0.2) is 23.4 Å². The van der Waals surface area contributed by atoms with E-state index in [1.807, 2.05) is 17.0 Å². The highest BCUT2D eigenvalue weighted by Gasteiger charge is 2.50. The van der Waals surface area contributed by atoms with Gasteiger partial charge in [0.25, 0.3) is 0 Å². The van der Waals surface area contributed by atoms with Gasteiger partial charge in [0.2, 0.25) is 5.91 Å². The van der Waals surface area contributed by atoms with Crippen LogP contribution in [0.4, 0.5) is 0 Å². The Kier molecular flexibility index (Phi) is 5.36. The zero-order valence-electron chi connectivity index (χ0n) is 17.7. The van der Waals surface area contributed by atoms with Gasteiger partial charge >= 0.3 is 0 Å². The van der Waals surface area contributed by atoms with Gasteiger partial charge in [-0.25, -0.2) is 0 Å². The van der Waals surface area contributed by atoms with Crippen molar-refractivity contribution in [2.45, 2.75) is 70.1 Å². The number of amidine groups is 1. The van der Waals surface area contributed by atoms with Crippen LogP contribution < -0.4 is 5.73 Å². The summed E-state index contributed by atoms with van der Waals surface area (Å²) in [6.45, 7) is 12.3. The maximum Gasteiger partial charge on any atom is 0.223 e. The maximum absolute atomic E-state index is 12.8. The molecule has 1 atom stereocenters. The highest BCUT2D eigenvalue weighted by Crippen LogP contribution is 2.49. The van der Waals surface area contributed by atoms with Gasteiger partial charge in [-0.1, -0.05) is 44.1 Å². The molecule has 1 amide bonds. The van der Waals surface area contributed by atoms with Crippen molar-refractivity contribution in [1.29, 1.82) is 0 Å². The molecule has 0 radical (unpaired) electrons. The van der Waals surface area contributed by atoms with E-state index in [0.717, 1.165) is 36.0 Å². The molecule has 2 aliphatic rings. The summed E-state index contributed by atoms with van der Waals surface area (Å²) in [6, 6.07) is 5.91. The molecule has 1 spiro atoms. The predicted molar refractivity (Wildman–Crippen MR) is 113 cm³/mol. The van der Waals surface area contributed by atoms with Crippen molar-refractivity contribution in [1.82, 2.24) is 4.90 Å². The zero-order valence-corrected chi connectivity index (χ0v) is 18.7. The summed E-state index contributed by atoms with van der Waals surface area (Å²) in [7, 11) is -1.85. The quantitative estimate of drug-likeness (QED) is 0.259. The molecular formula is C21H33N3O3Si. The molecule has 1 heterocycles. The Morgan fingerprint density at radius 1 is 1.32 bits per heavy atom. The molecule has 1 aromatic rings. The molecule has 3 N–H and O–H groups in total. The molecule has 3 rings (SSSR count). The molecule has 0 bridgehead atoms. The van der Waals surface area contributed by atoms with E-state index in [1.54, 1.807) is 0 Å². The van der Waals surface area contributed by atoms with Crippen molar-refractivity contribution in [2.75, 3.05) is 13.2 Å². The Balaban J connectivity index is 1.85. The summed E-state index contributed by atoms with van der Waals surface area (Å²) in [5.41, 5.74) is 8.63. The lowest BCUT2D eigenvalue weighted by Gasteiger charge is -2.39. The van der Waals surface area contributed by atoms with Crippen LogP contribution in [0.1, 0.15) is 56.7 Å². The van der Waals surface area contributed by atoms with E-state index in [-0.39, 0.29) is 22.3 Å².